The van der Waals surface area contributed by atoms with Crippen molar-refractivity contribution in [2.45, 2.75) is 13.0 Å². The quantitative estimate of drug-likeness (QED) is 0.734. The average Bonchev–Trinajstić information content (AvgIpc) is 2.53. The number of benzene rings is 2. The van der Waals surface area contributed by atoms with Gasteiger partial charge in [0.1, 0.15) is 0 Å². The molecule has 1 unspecified atom stereocenters. The van der Waals surface area contributed by atoms with Crippen molar-refractivity contribution in [3.63, 3.8) is 0 Å². The Hall–Kier alpha value is -2.37. The lowest BCUT2D eigenvalue weighted by molar-refractivity contribution is 0.101. The van der Waals surface area contributed by atoms with Gasteiger partial charge in [-0.15, -0.1) is 0 Å². The first-order valence-electron chi connectivity index (χ1n) is 7.05. The third-order valence-corrected chi connectivity index (χ3v) is 3.61. The standard InChI is InChI=1S/C17H17ClN2O3/c1-11(22)14-8-7-13(9-15(14)18)19-17(23)20-16(10-21)12-5-3-2-4-6-12/h2-9,16,21H,10H2,1H3,(H2,19,20,23). The molecule has 0 aliphatic rings. The molecule has 2 aromatic rings. The van der Waals surface area contributed by atoms with Crippen LogP contribution in [0.2, 0.25) is 5.02 Å². The van der Waals surface area contributed by atoms with Crippen molar-refractivity contribution in [2.75, 3.05) is 11.9 Å². The summed E-state index contributed by atoms with van der Waals surface area (Å²) in [6, 6.07) is 12.8. The first-order chi connectivity index (χ1) is 11.0. The first-order valence-corrected chi connectivity index (χ1v) is 7.43. The minimum Gasteiger partial charge on any atom is -0.394 e. The highest BCUT2D eigenvalue weighted by molar-refractivity contribution is 6.34. The number of nitrogens with one attached hydrogen (secondary N) is 2. The van der Waals surface area contributed by atoms with Gasteiger partial charge in [0.25, 0.3) is 0 Å². The van der Waals surface area contributed by atoms with Crippen LogP contribution in [0, 0.1) is 0 Å². The molecule has 0 heterocycles. The van der Waals surface area contributed by atoms with E-state index in [4.69, 9.17) is 11.6 Å². The van der Waals surface area contributed by atoms with Crippen molar-refractivity contribution in [1.82, 2.24) is 5.32 Å². The number of halogens is 1. The number of rotatable bonds is 5. The van der Waals surface area contributed by atoms with E-state index in [2.05, 4.69) is 10.6 Å². The van der Waals surface area contributed by atoms with Crippen molar-refractivity contribution in [2.24, 2.45) is 0 Å². The number of Topliss-reactive ketones (excluding diaryl/α,β-unsaturated/α-hetero) is 1. The molecule has 0 fully saturated rings. The van der Waals surface area contributed by atoms with Gasteiger partial charge in [0, 0.05) is 11.3 Å². The van der Waals surface area contributed by atoms with Gasteiger partial charge >= 0.3 is 6.03 Å². The molecule has 3 N–H and O–H groups in total. The highest BCUT2D eigenvalue weighted by Crippen LogP contribution is 2.21. The van der Waals surface area contributed by atoms with E-state index in [0.29, 0.717) is 11.3 Å². The lowest BCUT2D eigenvalue weighted by Gasteiger charge is -2.17. The van der Waals surface area contributed by atoms with Crippen LogP contribution in [0.15, 0.2) is 48.5 Å². The van der Waals surface area contributed by atoms with Crippen molar-refractivity contribution < 1.29 is 14.7 Å². The zero-order valence-electron chi connectivity index (χ0n) is 12.5. The molecule has 6 heteroatoms. The Morgan fingerprint density at radius 1 is 1.17 bits per heavy atom. The van der Waals surface area contributed by atoms with E-state index in [-0.39, 0.29) is 17.4 Å². The average molecular weight is 333 g/mol. The summed E-state index contributed by atoms with van der Waals surface area (Å²) in [4.78, 5) is 23.4. The smallest absolute Gasteiger partial charge is 0.319 e. The predicted molar refractivity (Wildman–Crippen MR) is 89.9 cm³/mol. The number of ketones is 1. The Morgan fingerprint density at radius 3 is 2.43 bits per heavy atom. The minimum absolute atomic E-state index is 0.143. The van der Waals surface area contributed by atoms with E-state index in [1.165, 1.54) is 13.0 Å². The zero-order valence-corrected chi connectivity index (χ0v) is 13.3. The first kappa shape index (κ1) is 17.0. The van der Waals surface area contributed by atoms with Gasteiger partial charge in [-0.1, -0.05) is 41.9 Å². The number of hydrogen-bond acceptors (Lipinski definition) is 3. The molecular formula is C17H17ClN2O3. The molecule has 2 amide bonds. The second-order valence-electron chi connectivity index (χ2n) is 5.00. The normalized spacial score (nSPS) is 11.6. The van der Waals surface area contributed by atoms with Gasteiger partial charge in [-0.3, -0.25) is 4.79 Å². The number of carbonyl (C=O) groups is 2. The van der Waals surface area contributed by atoms with Gasteiger partial charge in [0.15, 0.2) is 5.78 Å². The molecule has 2 aromatic carbocycles. The molecular weight excluding hydrogens is 316 g/mol. The van der Waals surface area contributed by atoms with Crippen LogP contribution in [0.3, 0.4) is 0 Å². The molecule has 120 valence electrons. The number of aliphatic hydroxyl groups is 1. The molecule has 1 atom stereocenters. The molecule has 0 aliphatic carbocycles. The summed E-state index contributed by atoms with van der Waals surface area (Å²) < 4.78 is 0. The summed E-state index contributed by atoms with van der Waals surface area (Å²) in [7, 11) is 0. The zero-order chi connectivity index (χ0) is 16.8. The van der Waals surface area contributed by atoms with E-state index in [0.717, 1.165) is 5.56 Å². The van der Waals surface area contributed by atoms with E-state index in [9.17, 15) is 14.7 Å². The molecule has 0 saturated heterocycles. The van der Waals surface area contributed by atoms with Gasteiger partial charge in [-0.05, 0) is 30.7 Å². The lowest BCUT2D eigenvalue weighted by atomic mass is 10.1. The Morgan fingerprint density at radius 2 is 1.87 bits per heavy atom. The van der Waals surface area contributed by atoms with Crippen LogP contribution in [0.1, 0.15) is 28.9 Å². The van der Waals surface area contributed by atoms with Gasteiger partial charge in [-0.2, -0.15) is 0 Å². The molecule has 0 saturated carbocycles. The number of anilines is 1. The topological polar surface area (TPSA) is 78.4 Å². The molecule has 0 spiro atoms. The summed E-state index contributed by atoms with van der Waals surface area (Å²) >= 11 is 6.00. The number of amides is 2. The summed E-state index contributed by atoms with van der Waals surface area (Å²) in [6.45, 7) is 1.20. The van der Waals surface area contributed by atoms with Crippen LogP contribution in [-0.2, 0) is 0 Å². The predicted octanol–water partition coefficient (Wildman–Crippen LogP) is 3.40. The fourth-order valence-corrected chi connectivity index (χ4v) is 2.44. The molecule has 5 nitrogen and oxygen atoms in total. The minimum atomic E-state index is -0.511. The molecule has 0 radical (unpaired) electrons. The van der Waals surface area contributed by atoms with Gasteiger partial charge in [0.05, 0.1) is 17.7 Å². The van der Waals surface area contributed by atoms with Crippen molar-refractivity contribution in [3.05, 3.63) is 64.7 Å². The largest absolute Gasteiger partial charge is 0.394 e. The Kier molecular flexibility index (Phi) is 5.73. The van der Waals surface area contributed by atoms with Gasteiger partial charge in [-0.25, -0.2) is 4.79 Å². The fraction of sp³-hybridized carbons (Fsp3) is 0.176. The molecule has 0 aromatic heterocycles. The maximum atomic E-state index is 12.0. The van der Waals surface area contributed by atoms with Crippen molar-refractivity contribution >= 4 is 29.1 Å². The highest BCUT2D eigenvalue weighted by Gasteiger charge is 2.14. The maximum absolute atomic E-state index is 12.0. The fourth-order valence-electron chi connectivity index (χ4n) is 2.12. The second-order valence-corrected chi connectivity index (χ2v) is 5.40. The van der Waals surface area contributed by atoms with Crippen LogP contribution in [0.5, 0.6) is 0 Å². The van der Waals surface area contributed by atoms with Crippen LogP contribution in [0.25, 0.3) is 0 Å². The molecule has 23 heavy (non-hydrogen) atoms. The van der Waals surface area contributed by atoms with E-state index >= 15 is 0 Å². The Bertz CT molecular complexity index is 704. The molecule has 2 rings (SSSR count). The summed E-state index contributed by atoms with van der Waals surface area (Å²) in [6.07, 6.45) is 0. The number of urea groups is 1. The number of carbonyl (C=O) groups excluding carboxylic acids is 2. The van der Waals surface area contributed by atoms with E-state index < -0.39 is 12.1 Å². The number of aliphatic hydroxyl groups excluding tert-OH is 1. The maximum Gasteiger partial charge on any atom is 0.319 e. The summed E-state index contributed by atoms with van der Waals surface area (Å²) in [5.74, 6) is -0.143. The van der Waals surface area contributed by atoms with Gasteiger partial charge < -0.3 is 15.7 Å². The van der Waals surface area contributed by atoms with E-state index in [1.54, 1.807) is 12.1 Å². The summed E-state index contributed by atoms with van der Waals surface area (Å²) in [5, 5.41) is 15.0. The van der Waals surface area contributed by atoms with Crippen molar-refractivity contribution in [1.29, 1.82) is 0 Å². The highest BCUT2D eigenvalue weighted by atomic mass is 35.5. The lowest BCUT2D eigenvalue weighted by Crippen LogP contribution is -2.34. The van der Waals surface area contributed by atoms with Crippen LogP contribution >= 0.6 is 11.6 Å². The number of hydrogen-bond donors (Lipinski definition) is 3. The van der Waals surface area contributed by atoms with Crippen molar-refractivity contribution in [3.8, 4) is 0 Å². The summed E-state index contributed by atoms with van der Waals surface area (Å²) in [5.41, 5.74) is 1.66. The van der Waals surface area contributed by atoms with E-state index in [1.807, 2.05) is 30.3 Å². The third kappa shape index (κ3) is 4.55. The second kappa shape index (κ2) is 7.76. The van der Waals surface area contributed by atoms with Gasteiger partial charge in [0.2, 0.25) is 0 Å². The third-order valence-electron chi connectivity index (χ3n) is 3.30. The molecule has 0 aliphatic heterocycles. The molecule has 0 bridgehead atoms. The monoisotopic (exact) mass is 332 g/mol. The Balaban J connectivity index is 2.04. The SMILES string of the molecule is CC(=O)c1ccc(NC(=O)NC(CO)c2ccccc2)cc1Cl. The van der Waals surface area contributed by atoms with Crippen LogP contribution < -0.4 is 10.6 Å². The Labute approximate surface area is 139 Å². The van der Waals surface area contributed by atoms with Crippen LogP contribution in [-0.4, -0.2) is 23.5 Å². The van der Waals surface area contributed by atoms with Crippen LogP contribution in [0.4, 0.5) is 10.5 Å².